The number of para-hydroxylation sites is 1. The normalized spacial score (nSPS) is 11.3. The Bertz CT molecular complexity index is 1070. The van der Waals surface area contributed by atoms with E-state index in [1.54, 1.807) is 36.4 Å². The van der Waals surface area contributed by atoms with E-state index in [9.17, 15) is 18.4 Å². The van der Waals surface area contributed by atoms with Gasteiger partial charge in [-0.15, -0.1) is 0 Å². The monoisotopic (exact) mass is 402 g/mol. The summed E-state index contributed by atoms with van der Waals surface area (Å²) in [5.41, 5.74) is 6.37. The van der Waals surface area contributed by atoms with Gasteiger partial charge in [-0.05, 0) is 36.9 Å². The molecule has 0 aliphatic rings. The Morgan fingerprint density at radius 2 is 1.86 bits per heavy atom. The van der Waals surface area contributed by atoms with E-state index in [1.807, 2.05) is 11.9 Å². The van der Waals surface area contributed by atoms with Crippen molar-refractivity contribution in [1.82, 2.24) is 14.5 Å². The molecule has 0 saturated carbocycles. The van der Waals surface area contributed by atoms with Crippen LogP contribution in [0.3, 0.4) is 0 Å². The van der Waals surface area contributed by atoms with Crippen LogP contribution in [0.15, 0.2) is 53.3 Å². The second-order valence-corrected chi connectivity index (χ2v) is 6.60. The van der Waals surface area contributed by atoms with E-state index in [2.05, 4.69) is 9.72 Å². The van der Waals surface area contributed by atoms with Crippen molar-refractivity contribution in [3.05, 3.63) is 70.3 Å². The van der Waals surface area contributed by atoms with Crippen molar-refractivity contribution in [3.63, 3.8) is 0 Å². The van der Waals surface area contributed by atoms with Crippen molar-refractivity contribution >= 4 is 16.8 Å². The molecule has 7 nitrogen and oxygen atoms in total. The highest BCUT2D eigenvalue weighted by molar-refractivity contribution is 5.78. The van der Waals surface area contributed by atoms with Gasteiger partial charge in [-0.1, -0.05) is 24.3 Å². The van der Waals surface area contributed by atoms with Gasteiger partial charge in [0.2, 0.25) is 5.91 Å². The predicted molar refractivity (Wildman–Crippen MR) is 103 cm³/mol. The smallest absolute Gasteiger partial charge is 0.387 e. The number of nitrogens with zero attached hydrogens (tertiary/aromatic N) is 3. The lowest BCUT2D eigenvalue weighted by Crippen LogP contribution is -2.33. The number of fused-ring (bicyclic) bond motifs is 1. The van der Waals surface area contributed by atoms with Crippen LogP contribution in [-0.4, -0.2) is 34.0 Å². The zero-order chi connectivity index (χ0) is 21.0. The van der Waals surface area contributed by atoms with Gasteiger partial charge in [0, 0.05) is 6.54 Å². The van der Waals surface area contributed by atoms with Crippen molar-refractivity contribution in [2.45, 2.75) is 26.2 Å². The molecule has 0 bridgehead atoms. The second kappa shape index (κ2) is 8.78. The summed E-state index contributed by atoms with van der Waals surface area (Å²) in [6.45, 7) is -2.39. The number of benzene rings is 2. The fourth-order valence-corrected chi connectivity index (χ4v) is 3.04. The fourth-order valence-electron chi connectivity index (χ4n) is 3.04. The highest BCUT2D eigenvalue weighted by Gasteiger charge is 2.14. The summed E-state index contributed by atoms with van der Waals surface area (Å²) in [4.78, 5) is 30.6. The molecular formula is C20H20F2N4O3. The first-order valence-electron chi connectivity index (χ1n) is 8.82. The highest BCUT2D eigenvalue weighted by Crippen LogP contribution is 2.16. The summed E-state index contributed by atoms with van der Waals surface area (Å²) in [6.07, 6.45) is 0. The minimum absolute atomic E-state index is 0.0814. The quantitative estimate of drug-likeness (QED) is 0.623. The largest absolute Gasteiger partial charge is 0.435 e. The number of hydrogen-bond donors (Lipinski definition) is 1. The number of carbonyl (C=O) groups is 1. The van der Waals surface area contributed by atoms with E-state index in [-0.39, 0.29) is 24.4 Å². The predicted octanol–water partition coefficient (Wildman–Crippen LogP) is 2.12. The van der Waals surface area contributed by atoms with Crippen LogP contribution in [0.25, 0.3) is 10.9 Å². The lowest BCUT2D eigenvalue weighted by atomic mass is 10.2. The Morgan fingerprint density at radius 3 is 2.52 bits per heavy atom. The minimum atomic E-state index is -2.87. The third-order valence-corrected chi connectivity index (χ3v) is 4.27. The molecule has 152 valence electrons. The first-order valence-corrected chi connectivity index (χ1v) is 8.82. The number of carbonyl (C=O) groups excluding carboxylic acids is 1. The van der Waals surface area contributed by atoms with Crippen LogP contribution in [0.4, 0.5) is 8.78 Å². The third kappa shape index (κ3) is 5.14. The molecule has 1 heterocycles. The van der Waals surface area contributed by atoms with Crippen LogP contribution in [-0.2, 0) is 24.4 Å². The standard InChI is InChI=1S/C20H20F2N4O3/c1-25(10-13-6-8-14(9-7-13)29-20(21)22)12-18-24-16-5-3-2-4-15(16)19(28)26(18)11-17(23)27/h2-9,20H,10-12H2,1H3,(H2,23,27). The molecule has 1 amide bonds. The van der Waals surface area contributed by atoms with Gasteiger partial charge in [0.05, 0.1) is 17.4 Å². The van der Waals surface area contributed by atoms with Gasteiger partial charge in [0.15, 0.2) is 0 Å². The molecule has 0 radical (unpaired) electrons. The van der Waals surface area contributed by atoms with Gasteiger partial charge >= 0.3 is 6.61 Å². The van der Waals surface area contributed by atoms with Crippen molar-refractivity contribution in [3.8, 4) is 5.75 Å². The topological polar surface area (TPSA) is 90.4 Å². The summed E-state index contributed by atoms with van der Waals surface area (Å²) in [5, 5.41) is 0.412. The van der Waals surface area contributed by atoms with Crippen LogP contribution < -0.4 is 16.0 Å². The van der Waals surface area contributed by atoms with Crippen molar-refractivity contribution < 1.29 is 18.3 Å². The molecular weight excluding hydrogens is 382 g/mol. The number of alkyl halides is 2. The molecule has 0 aliphatic carbocycles. The van der Waals surface area contributed by atoms with E-state index in [1.165, 1.54) is 16.7 Å². The summed E-state index contributed by atoms with van der Waals surface area (Å²) in [6, 6.07) is 13.2. The van der Waals surface area contributed by atoms with Gasteiger partial charge in [-0.25, -0.2) is 4.98 Å². The summed E-state index contributed by atoms with van der Waals surface area (Å²) >= 11 is 0. The van der Waals surface area contributed by atoms with E-state index in [0.29, 0.717) is 23.3 Å². The lowest BCUT2D eigenvalue weighted by Gasteiger charge is -2.19. The van der Waals surface area contributed by atoms with Crippen molar-refractivity contribution in [1.29, 1.82) is 0 Å². The molecule has 2 N–H and O–H groups in total. The Balaban J connectivity index is 1.82. The average molecular weight is 402 g/mol. The number of amides is 1. The Kier molecular flexibility index (Phi) is 6.18. The van der Waals surface area contributed by atoms with Crippen LogP contribution >= 0.6 is 0 Å². The lowest BCUT2D eigenvalue weighted by molar-refractivity contribution is -0.118. The number of nitrogens with two attached hydrogens (primary N) is 1. The zero-order valence-corrected chi connectivity index (χ0v) is 15.7. The molecule has 2 aromatic carbocycles. The van der Waals surface area contributed by atoms with E-state index >= 15 is 0 Å². The first kappa shape index (κ1) is 20.4. The average Bonchev–Trinajstić information content (AvgIpc) is 2.66. The molecule has 0 saturated heterocycles. The zero-order valence-electron chi connectivity index (χ0n) is 15.7. The number of hydrogen-bond acceptors (Lipinski definition) is 5. The third-order valence-electron chi connectivity index (χ3n) is 4.27. The molecule has 0 aliphatic heterocycles. The SMILES string of the molecule is CN(Cc1ccc(OC(F)F)cc1)Cc1nc2ccccc2c(=O)n1CC(N)=O. The number of primary amides is 1. The maximum atomic E-state index is 12.8. The van der Waals surface area contributed by atoms with Crippen LogP contribution in [0.1, 0.15) is 11.4 Å². The fraction of sp³-hybridized carbons (Fsp3) is 0.250. The van der Waals surface area contributed by atoms with E-state index in [4.69, 9.17) is 5.73 Å². The van der Waals surface area contributed by atoms with Gasteiger partial charge in [-0.3, -0.25) is 19.1 Å². The molecule has 0 atom stereocenters. The molecule has 29 heavy (non-hydrogen) atoms. The van der Waals surface area contributed by atoms with Gasteiger partial charge in [0.1, 0.15) is 18.1 Å². The van der Waals surface area contributed by atoms with E-state index in [0.717, 1.165) is 5.56 Å². The number of ether oxygens (including phenoxy) is 1. The number of rotatable bonds is 8. The van der Waals surface area contributed by atoms with Gasteiger partial charge < -0.3 is 10.5 Å². The summed E-state index contributed by atoms with van der Waals surface area (Å²) in [7, 11) is 1.82. The molecule has 0 fully saturated rings. The Hall–Kier alpha value is -3.33. The van der Waals surface area contributed by atoms with E-state index < -0.39 is 12.5 Å². The van der Waals surface area contributed by atoms with Crippen LogP contribution in [0.5, 0.6) is 5.75 Å². The first-order chi connectivity index (χ1) is 13.8. The van der Waals surface area contributed by atoms with Gasteiger partial charge in [0.25, 0.3) is 5.56 Å². The van der Waals surface area contributed by atoms with Crippen LogP contribution in [0, 0.1) is 0 Å². The molecule has 3 rings (SSSR count). The van der Waals surface area contributed by atoms with Crippen molar-refractivity contribution in [2.75, 3.05) is 7.05 Å². The minimum Gasteiger partial charge on any atom is -0.435 e. The summed E-state index contributed by atoms with van der Waals surface area (Å²) in [5.74, 6) is -0.145. The Labute approximate surface area is 165 Å². The molecule has 9 heteroatoms. The number of halogens is 2. The molecule has 0 unspecified atom stereocenters. The molecule has 0 spiro atoms. The van der Waals surface area contributed by atoms with Crippen LogP contribution in [0.2, 0.25) is 0 Å². The highest BCUT2D eigenvalue weighted by atomic mass is 19.3. The molecule has 1 aromatic heterocycles. The Morgan fingerprint density at radius 1 is 1.17 bits per heavy atom. The summed E-state index contributed by atoms with van der Waals surface area (Å²) < 4.78 is 30.1. The number of aromatic nitrogens is 2. The van der Waals surface area contributed by atoms with Crippen molar-refractivity contribution in [2.24, 2.45) is 5.73 Å². The maximum Gasteiger partial charge on any atom is 0.387 e. The van der Waals surface area contributed by atoms with Gasteiger partial charge in [-0.2, -0.15) is 8.78 Å². The molecule has 3 aromatic rings. The maximum absolute atomic E-state index is 12.8. The second-order valence-electron chi connectivity index (χ2n) is 6.60.